The molecule has 0 aliphatic heterocycles. The number of hydrogen-bond acceptors (Lipinski definition) is 5. The first-order chi connectivity index (χ1) is 13.2. The molecule has 28 heavy (non-hydrogen) atoms. The van der Waals surface area contributed by atoms with Gasteiger partial charge in [0.2, 0.25) is 15.9 Å². The highest BCUT2D eigenvalue weighted by atomic mass is 35.5. The van der Waals surface area contributed by atoms with Gasteiger partial charge in [0.05, 0.1) is 17.7 Å². The van der Waals surface area contributed by atoms with Crippen LogP contribution in [0.2, 0.25) is 5.02 Å². The fraction of sp³-hybridized carbons (Fsp3) is 0.263. The van der Waals surface area contributed by atoms with Crippen LogP contribution < -0.4 is 4.72 Å². The standard InChI is InChI=1S/C19H21ClN2O5S/c1-22(13-14-6-4-3-5-7-14)18(23)10-11-21-28(25,26)17-9-8-15(12-16(17)20)19(24)27-2/h3-9,12,21H,10-11,13H2,1-2H3. The summed E-state index contributed by atoms with van der Waals surface area (Å²) in [6, 6.07) is 13.2. The molecule has 9 heteroatoms. The number of esters is 1. The smallest absolute Gasteiger partial charge is 0.337 e. The van der Waals surface area contributed by atoms with E-state index in [1.807, 2.05) is 30.3 Å². The molecule has 150 valence electrons. The minimum atomic E-state index is -3.93. The van der Waals surface area contributed by atoms with E-state index in [0.717, 1.165) is 5.56 Å². The molecule has 7 nitrogen and oxygen atoms in total. The van der Waals surface area contributed by atoms with Gasteiger partial charge in [-0.25, -0.2) is 17.9 Å². The third kappa shape index (κ3) is 5.79. The summed E-state index contributed by atoms with van der Waals surface area (Å²) in [5.41, 5.74) is 1.13. The van der Waals surface area contributed by atoms with Crippen molar-refractivity contribution in [1.82, 2.24) is 9.62 Å². The van der Waals surface area contributed by atoms with Gasteiger partial charge in [-0.3, -0.25) is 4.79 Å². The van der Waals surface area contributed by atoms with Crippen molar-refractivity contribution >= 4 is 33.5 Å². The van der Waals surface area contributed by atoms with Gasteiger partial charge in [0.15, 0.2) is 0 Å². The van der Waals surface area contributed by atoms with E-state index in [1.54, 1.807) is 7.05 Å². The molecule has 0 unspecified atom stereocenters. The summed E-state index contributed by atoms with van der Waals surface area (Å²) in [7, 11) is -1.05. The lowest BCUT2D eigenvalue weighted by atomic mass is 10.2. The zero-order valence-corrected chi connectivity index (χ0v) is 17.1. The molecule has 0 aliphatic carbocycles. The molecule has 0 radical (unpaired) electrons. The van der Waals surface area contributed by atoms with Crippen molar-refractivity contribution in [2.75, 3.05) is 20.7 Å². The second kappa shape index (κ2) is 9.68. The summed E-state index contributed by atoms with van der Waals surface area (Å²) in [5.74, 6) is -0.815. The first-order valence-corrected chi connectivity index (χ1v) is 10.3. The predicted molar refractivity (Wildman–Crippen MR) is 106 cm³/mol. The quantitative estimate of drug-likeness (QED) is 0.657. The number of benzene rings is 2. The molecule has 0 aromatic heterocycles. The second-order valence-corrected chi connectivity index (χ2v) is 8.16. The van der Waals surface area contributed by atoms with Gasteiger partial charge < -0.3 is 9.64 Å². The number of hydrogen-bond donors (Lipinski definition) is 1. The molecule has 2 rings (SSSR count). The second-order valence-electron chi connectivity index (χ2n) is 6.02. The van der Waals surface area contributed by atoms with Crippen LogP contribution in [0.5, 0.6) is 0 Å². The first kappa shape index (κ1) is 21.9. The highest BCUT2D eigenvalue weighted by Crippen LogP contribution is 2.23. The fourth-order valence-corrected chi connectivity index (χ4v) is 4.04. The number of carbonyl (C=O) groups excluding carboxylic acids is 2. The van der Waals surface area contributed by atoms with Gasteiger partial charge >= 0.3 is 5.97 Å². The minimum absolute atomic E-state index is 0.000423. The van der Waals surface area contributed by atoms with E-state index in [-0.39, 0.29) is 34.4 Å². The highest BCUT2D eigenvalue weighted by molar-refractivity contribution is 7.89. The number of nitrogens with one attached hydrogen (secondary N) is 1. The van der Waals surface area contributed by atoms with Gasteiger partial charge in [0.1, 0.15) is 4.90 Å². The normalized spacial score (nSPS) is 11.1. The Kier molecular flexibility index (Phi) is 7.56. The lowest BCUT2D eigenvalue weighted by Crippen LogP contribution is -2.32. The summed E-state index contributed by atoms with van der Waals surface area (Å²) in [5, 5.41) is -0.108. The average molecular weight is 425 g/mol. The van der Waals surface area contributed by atoms with Crippen molar-refractivity contribution in [1.29, 1.82) is 0 Å². The van der Waals surface area contributed by atoms with Gasteiger partial charge in [-0.2, -0.15) is 0 Å². The van der Waals surface area contributed by atoms with E-state index in [9.17, 15) is 18.0 Å². The summed E-state index contributed by atoms with van der Waals surface area (Å²) in [6.45, 7) is 0.364. The van der Waals surface area contributed by atoms with Crippen molar-refractivity contribution < 1.29 is 22.7 Å². The number of amides is 1. The molecule has 0 heterocycles. The Morgan fingerprint density at radius 3 is 2.43 bits per heavy atom. The van der Waals surface area contributed by atoms with Gasteiger partial charge in [-0.05, 0) is 23.8 Å². The molecule has 0 aliphatic rings. The predicted octanol–water partition coefficient (Wildman–Crippen LogP) is 2.45. The van der Waals surface area contributed by atoms with Crippen LogP contribution in [-0.2, 0) is 26.1 Å². The summed E-state index contributed by atoms with van der Waals surface area (Å²) >= 11 is 6.00. The molecular formula is C19H21ClN2O5S. The maximum Gasteiger partial charge on any atom is 0.337 e. The summed E-state index contributed by atoms with van der Waals surface area (Å²) in [6.07, 6.45) is 0.000423. The number of rotatable bonds is 8. The van der Waals surface area contributed by atoms with E-state index >= 15 is 0 Å². The van der Waals surface area contributed by atoms with Crippen molar-refractivity contribution in [2.45, 2.75) is 17.9 Å². The molecular weight excluding hydrogens is 404 g/mol. The Labute approximate surface area is 169 Å². The van der Waals surface area contributed by atoms with Crippen LogP contribution in [0.25, 0.3) is 0 Å². The van der Waals surface area contributed by atoms with Crippen LogP contribution in [0.4, 0.5) is 0 Å². The van der Waals surface area contributed by atoms with E-state index in [1.165, 1.54) is 30.2 Å². The number of sulfonamides is 1. The topological polar surface area (TPSA) is 92.8 Å². The minimum Gasteiger partial charge on any atom is -0.465 e. The number of carbonyl (C=O) groups is 2. The van der Waals surface area contributed by atoms with Crippen LogP contribution in [-0.4, -0.2) is 45.9 Å². The SMILES string of the molecule is COC(=O)c1ccc(S(=O)(=O)NCCC(=O)N(C)Cc2ccccc2)c(Cl)c1. The molecule has 0 bridgehead atoms. The lowest BCUT2D eigenvalue weighted by Gasteiger charge is -2.17. The van der Waals surface area contributed by atoms with Crippen LogP contribution in [0.15, 0.2) is 53.4 Å². The van der Waals surface area contributed by atoms with Gasteiger partial charge in [-0.1, -0.05) is 41.9 Å². The van der Waals surface area contributed by atoms with Crippen LogP contribution in [0.3, 0.4) is 0 Å². The van der Waals surface area contributed by atoms with Gasteiger partial charge in [0.25, 0.3) is 0 Å². The van der Waals surface area contributed by atoms with E-state index in [0.29, 0.717) is 6.54 Å². The zero-order valence-electron chi connectivity index (χ0n) is 15.5. The molecule has 2 aromatic carbocycles. The van der Waals surface area contributed by atoms with Crippen LogP contribution >= 0.6 is 11.6 Å². The number of halogens is 1. The number of nitrogens with zero attached hydrogens (tertiary/aromatic N) is 1. The molecule has 0 spiro atoms. The summed E-state index contributed by atoms with van der Waals surface area (Å²) < 4.78 is 31.7. The van der Waals surface area contributed by atoms with Crippen molar-refractivity contribution in [3.8, 4) is 0 Å². The molecule has 0 atom stereocenters. The Morgan fingerprint density at radius 1 is 1.14 bits per heavy atom. The fourth-order valence-electron chi connectivity index (χ4n) is 2.47. The van der Waals surface area contributed by atoms with E-state index in [4.69, 9.17) is 11.6 Å². The van der Waals surface area contributed by atoms with Crippen LogP contribution in [0, 0.1) is 0 Å². The third-order valence-electron chi connectivity index (χ3n) is 3.96. The van der Waals surface area contributed by atoms with Gasteiger partial charge in [-0.15, -0.1) is 0 Å². The lowest BCUT2D eigenvalue weighted by molar-refractivity contribution is -0.130. The number of methoxy groups -OCH3 is 1. The highest BCUT2D eigenvalue weighted by Gasteiger charge is 2.20. The third-order valence-corrected chi connectivity index (χ3v) is 5.91. The molecule has 1 amide bonds. The maximum absolute atomic E-state index is 12.4. The van der Waals surface area contributed by atoms with Crippen molar-refractivity contribution in [2.24, 2.45) is 0 Å². The molecule has 1 N–H and O–H groups in total. The molecule has 2 aromatic rings. The van der Waals surface area contributed by atoms with Crippen molar-refractivity contribution in [3.63, 3.8) is 0 Å². The Hall–Kier alpha value is -2.42. The summed E-state index contributed by atoms with van der Waals surface area (Å²) in [4.78, 5) is 25.0. The zero-order chi connectivity index (χ0) is 20.7. The first-order valence-electron chi connectivity index (χ1n) is 8.40. The Bertz CT molecular complexity index is 948. The Morgan fingerprint density at radius 2 is 1.82 bits per heavy atom. The molecule has 0 saturated heterocycles. The largest absolute Gasteiger partial charge is 0.465 e. The van der Waals surface area contributed by atoms with Gasteiger partial charge in [0, 0.05) is 26.6 Å². The van der Waals surface area contributed by atoms with E-state index < -0.39 is 16.0 Å². The number of ether oxygens (including phenoxy) is 1. The average Bonchev–Trinajstić information content (AvgIpc) is 2.67. The Balaban J connectivity index is 1.94. The molecule has 0 saturated carbocycles. The monoisotopic (exact) mass is 424 g/mol. The maximum atomic E-state index is 12.4. The van der Waals surface area contributed by atoms with E-state index in [2.05, 4.69) is 9.46 Å². The molecule has 0 fully saturated rings. The van der Waals surface area contributed by atoms with Crippen LogP contribution in [0.1, 0.15) is 22.3 Å². The van der Waals surface area contributed by atoms with Crippen molar-refractivity contribution in [3.05, 3.63) is 64.7 Å².